The fourth-order valence-corrected chi connectivity index (χ4v) is 2.80. The minimum atomic E-state index is -0.338. The summed E-state index contributed by atoms with van der Waals surface area (Å²) < 4.78 is 10.4. The Morgan fingerprint density at radius 1 is 1.09 bits per heavy atom. The van der Waals surface area contributed by atoms with Crippen LogP contribution in [-0.2, 0) is 9.47 Å². The third-order valence-corrected chi connectivity index (χ3v) is 4.38. The molecule has 0 saturated carbocycles. The molecule has 1 unspecified atom stereocenters. The summed E-state index contributed by atoms with van der Waals surface area (Å²) in [5, 5.41) is 0. The molecule has 1 aromatic carbocycles. The molecule has 0 aliphatic rings. The molecule has 0 heterocycles. The summed E-state index contributed by atoms with van der Waals surface area (Å²) in [6.45, 7) is 2.88. The van der Waals surface area contributed by atoms with Crippen LogP contribution >= 0.6 is 15.9 Å². The molecule has 1 rings (SSSR count). The normalized spacial score (nSPS) is 12.1. The van der Waals surface area contributed by atoms with E-state index in [1.807, 2.05) is 18.2 Å². The molecule has 22 heavy (non-hydrogen) atoms. The van der Waals surface area contributed by atoms with E-state index >= 15 is 0 Å². The maximum Gasteiger partial charge on any atom is 0.340 e. The third kappa shape index (κ3) is 9.21. The maximum absolute atomic E-state index is 11.6. The predicted octanol–water partition coefficient (Wildman–Crippen LogP) is 5.33. The molecule has 1 aromatic rings. The quantitative estimate of drug-likeness (QED) is 0.216. The van der Waals surface area contributed by atoms with Gasteiger partial charge in [-0.3, -0.25) is 0 Å². The predicted molar refractivity (Wildman–Crippen MR) is 93.4 cm³/mol. The van der Waals surface area contributed by atoms with Gasteiger partial charge in [0.2, 0.25) is 0 Å². The van der Waals surface area contributed by atoms with Gasteiger partial charge in [-0.2, -0.15) is 0 Å². The highest BCUT2D eigenvalue weighted by Gasteiger charge is 2.06. The van der Waals surface area contributed by atoms with Crippen LogP contribution in [0.4, 0.5) is 0 Å². The van der Waals surface area contributed by atoms with Crippen LogP contribution < -0.4 is 0 Å². The lowest BCUT2D eigenvalue weighted by atomic mass is 10.1. The van der Waals surface area contributed by atoms with Crippen molar-refractivity contribution >= 4 is 21.9 Å². The number of ether oxygens (including phenoxy) is 2. The molecule has 124 valence electrons. The van der Waals surface area contributed by atoms with Gasteiger partial charge in [-0.05, 0) is 31.4 Å². The van der Waals surface area contributed by atoms with Crippen molar-refractivity contribution in [3.63, 3.8) is 0 Å². The molecule has 0 radical (unpaired) electrons. The molecule has 0 aromatic heterocycles. The van der Waals surface area contributed by atoms with E-state index in [0.29, 0.717) is 17.0 Å². The largest absolute Gasteiger partial charge is 0.435 e. The van der Waals surface area contributed by atoms with Crippen LogP contribution in [0.15, 0.2) is 30.3 Å². The van der Waals surface area contributed by atoms with Crippen LogP contribution in [0.3, 0.4) is 0 Å². The minimum absolute atomic E-state index is 0.0250. The first kappa shape index (κ1) is 19.2. The lowest BCUT2D eigenvalue weighted by Crippen LogP contribution is -2.10. The monoisotopic (exact) mass is 370 g/mol. The molecule has 0 N–H and O–H groups in total. The summed E-state index contributed by atoms with van der Waals surface area (Å²) in [6, 6.07) is 8.96. The molecule has 4 heteroatoms. The van der Waals surface area contributed by atoms with E-state index in [-0.39, 0.29) is 12.8 Å². The van der Waals surface area contributed by atoms with E-state index in [1.54, 1.807) is 12.1 Å². The molecule has 0 amide bonds. The smallest absolute Gasteiger partial charge is 0.340 e. The number of carbonyl (C=O) groups is 1. The van der Waals surface area contributed by atoms with Gasteiger partial charge in [-0.25, -0.2) is 4.79 Å². The molecule has 3 nitrogen and oxygen atoms in total. The van der Waals surface area contributed by atoms with E-state index < -0.39 is 0 Å². The standard InChI is InChI=1S/C18H27BrO3/c1-2-3-4-8-12-17(19)13-9-14-21-15-22-18(20)16-10-6-5-7-11-16/h5-7,10-11,17H,2-4,8-9,12-15H2,1H3. The Morgan fingerprint density at radius 3 is 2.55 bits per heavy atom. The molecular weight excluding hydrogens is 344 g/mol. The van der Waals surface area contributed by atoms with Crippen LogP contribution in [0.25, 0.3) is 0 Å². The van der Waals surface area contributed by atoms with Crippen LogP contribution in [0.2, 0.25) is 0 Å². The fraction of sp³-hybridized carbons (Fsp3) is 0.611. The van der Waals surface area contributed by atoms with E-state index in [4.69, 9.17) is 9.47 Å². The van der Waals surface area contributed by atoms with Gasteiger partial charge in [0.25, 0.3) is 0 Å². The van der Waals surface area contributed by atoms with Gasteiger partial charge < -0.3 is 9.47 Å². The third-order valence-electron chi connectivity index (χ3n) is 3.46. The Kier molecular flexibility index (Phi) is 11.0. The van der Waals surface area contributed by atoms with Gasteiger partial charge in [-0.1, -0.05) is 66.7 Å². The summed E-state index contributed by atoms with van der Waals surface area (Å²) in [5.74, 6) is -0.338. The number of unbranched alkanes of at least 4 members (excludes halogenated alkanes) is 3. The first-order chi connectivity index (χ1) is 10.7. The summed E-state index contributed by atoms with van der Waals surface area (Å²) in [6.07, 6.45) is 8.52. The SMILES string of the molecule is CCCCCCC(Br)CCCOCOC(=O)c1ccccc1. The Morgan fingerprint density at radius 2 is 1.82 bits per heavy atom. The zero-order chi connectivity index (χ0) is 16.0. The van der Waals surface area contributed by atoms with Crippen molar-refractivity contribution in [1.29, 1.82) is 0 Å². The first-order valence-corrected chi connectivity index (χ1v) is 9.09. The number of hydrogen-bond acceptors (Lipinski definition) is 3. The Bertz CT molecular complexity index is 395. The molecule has 0 fully saturated rings. The van der Waals surface area contributed by atoms with Crippen molar-refractivity contribution < 1.29 is 14.3 Å². The number of esters is 1. The zero-order valence-electron chi connectivity index (χ0n) is 13.4. The van der Waals surface area contributed by atoms with Gasteiger partial charge in [-0.15, -0.1) is 0 Å². The first-order valence-electron chi connectivity index (χ1n) is 8.18. The van der Waals surface area contributed by atoms with Crippen molar-refractivity contribution in [3.05, 3.63) is 35.9 Å². The van der Waals surface area contributed by atoms with Crippen LogP contribution in [-0.4, -0.2) is 24.2 Å². The maximum atomic E-state index is 11.6. The number of rotatable bonds is 12. The average Bonchev–Trinajstić information content (AvgIpc) is 2.55. The minimum Gasteiger partial charge on any atom is -0.435 e. The van der Waals surface area contributed by atoms with Crippen molar-refractivity contribution in [2.75, 3.05) is 13.4 Å². The van der Waals surface area contributed by atoms with Crippen molar-refractivity contribution in [2.45, 2.75) is 56.7 Å². The number of carbonyl (C=O) groups excluding carboxylic acids is 1. The Labute approximate surface area is 142 Å². The van der Waals surface area contributed by atoms with Crippen LogP contribution in [0.5, 0.6) is 0 Å². The van der Waals surface area contributed by atoms with Gasteiger partial charge in [0, 0.05) is 4.83 Å². The fourth-order valence-electron chi connectivity index (χ4n) is 2.16. The van der Waals surface area contributed by atoms with Gasteiger partial charge in [0.05, 0.1) is 12.2 Å². The van der Waals surface area contributed by atoms with Crippen molar-refractivity contribution in [3.8, 4) is 0 Å². The second kappa shape index (κ2) is 12.7. The van der Waals surface area contributed by atoms with Crippen LogP contribution in [0.1, 0.15) is 62.2 Å². The van der Waals surface area contributed by atoms with Gasteiger partial charge in [0.15, 0.2) is 6.79 Å². The molecule has 0 spiro atoms. The highest BCUT2D eigenvalue weighted by Crippen LogP contribution is 2.16. The molecule has 0 saturated heterocycles. The second-order valence-corrected chi connectivity index (χ2v) is 6.71. The number of alkyl halides is 1. The molecular formula is C18H27BrO3. The molecule has 1 atom stereocenters. The highest BCUT2D eigenvalue weighted by molar-refractivity contribution is 9.09. The number of halogens is 1. The summed E-state index contributed by atoms with van der Waals surface area (Å²) >= 11 is 3.71. The highest BCUT2D eigenvalue weighted by atomic mass is 79.9. The van der Waals surface area contributed by atoms with Gasteiger partial charge >= 0.3 is 5.97 Å². The zero-order valence-corrected chi connectivity index (χ0v) is 15.0. The average molecular weight is 371 g/mol. The second-order valence-electron chi connectivity index (χ2n) is 5.41. The summed E-state index contributed by atoms with van der Waals surface area (Å²) in [4.78, 5) is 12.2. The molecule has 0 aliphatic carbocycles. The summed E-state index contributed by atoms with van der Waals surface area (Å²) in [7, 11) is 0. The molecule has 0 aliphatic heterocycles. The Balaban J connectivity index is 1.96. The Hall–Kier alpha value is -0.870. The van der Waals surface area contributed by atoms with Crippen molar-refractivity contribution in [2.24, 2.45) is 0 Å². The van der Waals surface area contributed by atoms with Crippen LogP contribution in [0, 0.1) is 0 Å². The lowest BCUT2D eigenvalue weighted by Gasteiger charge is -2.10. The number of hydrogen-bond donors (Lipinski definition) is 0. The number of benzene rings is 1. The topological polar surface area (TPSA) is 35.5 Å². The van der Waals surface area contributed by atoms with E-state index in [1.165, 1.54) is 32.1 Å². The van der Waals surface area contributed by atoms with E-state index in [9.17, 15) is 4.79 Å². The van der Waals surface area contributed by atoms with Crippen molar-refractivity contribution in [1.82, 2.24) is 0 Å². The molecule has 0 bridgehead atoms. The lowest BCUT2D eigenvalue weighted by molar-refractivity contribution is -0.0322. The van der Waals surface area contributed by atoms with E-state index in [0.717, 1.165) is 12.8 Å². The summed E-state index contributed by atoms with van der Waals surface area (Å²) in [5.41, 5.74) is 0.554. The van der Waals surface area contributed by atoms with Gasteiger partial charge in [0.1, 0.15) is 0 Å². The van der Waals surface area contributed by atoms with E-state index in [2.05, 4.69) is 22.9 Å².